The number of carboxylic acid groups (broad SMARTS) is 1. The molecule has 2 aliphatic heterocycles. The molecule has 2 aliphatic carbocycles. The summed E-state index contributed by atoms with van der Waals surface area (Å²) in [6, 6.07) is 0.247. The van der Waals surface area contributed by atoms with Gasteiger partial charge in [-0.15, -0.1) is 5.10 Å². The Hall–Kier alpha value is -4.27. The summed E-state index contributed by atoms with van der Waals surface area (Å²) in [5, 5.41) is 89.9. The highest BCUT2D eigenvalue weighted by atomic mass is 16.7. The zero-order valence-electron chi connectivity index (χ0n) is 38.7. The van der Waals surface area contributed by atoms with Gasteiger partial charge in [-0.2, -0.15) is 0 Å². The van der Waals surface area contributed by atoms with E-state index in [0.717, 1.165) is 32.1 Å². The molecule has 4 heterocycles. The second-order valence-electron chi connectivity index (χ2n) is 18.4. The van der Waals surface area contributed by atoms with Crippen LogP contribution in [0.25, 0.3) is 5.69 Å². The first-order valence-electron chi connectivity index (χ1n) is 23.8. The predicted molar refractivity (Wildman–Crippen MR) is 235 cm³/mol. The second-order valence-corrected chi connectivity index (χ2v) is 18.4. The van der Waals surface area contributed by atoms with Crippen LogP contribution < -0.4 is 16.0 Å². The fraction of sp³-hybridized carbons (Fsp3) is 0.756. The van der Waals surface area contributed by atoms with Crippen LogP contribution in [0.5, 0.6) is 0 Å². The van der Waals surface area contributed by atoms with Crippen molar-refractivity contribution in [3.63, 3.8) is 0 Å². The zero-order valence-corrected chi connectivity index (χ0v) is 38.7. The van der Waals surface area contributed by atoms with Crippen molar-refractivity contribution in [3.8, 4) is 5.69 Å². The molecule has 0 radical (unpaired) electrons. The maximum absolute atomic E-state index is 14.0. The summed E-state index contributed by atoms with van der Waals surface area (Å²) in [6.45, 7) is 3.92. The third-order valence-electron chi connectivity index (χ3n) is 13.4. The minimum atomic E-state index is -1.69. The minimum absolute atomic E-state index is 0.0157. The van der Waals surface area contributed by atoms with E-state index in [1.54, 1.807) is 12.3 Å². The van der Waals surface area contributed by atoms with Crippen LogP contribution >= 0.6 is 0 Å². The molecule has 380 valence electrons. The number of aliphatic carboxylic acids is 1. The first-order valence-corrected chi connectivity index (χ1v) is 23.8. The third-order valence-corrected chi connectivity index (χ3v) is 13.4. The number of nitrogens with one attached hydrogen (secondary N) is 3. The molecule has 15 atom stereocenters. The number of amides is 3. The van der Waals surface area contributed by atoms with Crippen LogP contribution in [0.2, 0.25) is 0 Å². The highest BCUT2D eigenvalue weighted by molar-refractivity contribution is 5.94. The fourth-order valence-electron chi connectivity index (χ4n) is 9.66. The number of pyridine rings is 1. The molecule has 3 amide bonds. The molecule has 4 aliphatic rings. The summed E-state index contributed by atoms with van der Waals surface area (Å²) in [7, 11) is 0. The lowest BCUT2D eigenvalue weighted by atomic mass is 9.75. The van der Waals surface area contributed by atoms with Gasteiger partial charge in [0.15, 0.2) is 18.7 Å². The van der Waals surface area contributed by atoms with Crippen LogP contribution in [-0.4, -0.2) is 185 Å². The van der Waals surface area contributed by atoms with E-state index >= 15 is 0 Å². The Labute approximate surface area is 394 Å². The van der Waals surface area contributed by atoms with Crippen molar-refractivity contribution >= 4 is 23.7 Å². The number of carbonyl (C=O) groups excluding carboxylic acids is 3. The van der Waals surface area contributed by atoms with Gasteiger partial charge in [-0.3, -0.25) is 19.4 Å². The number of aliphatic hydroxyl groups is 6. The molecule has 68 heavy (non-hydrogen) atoms. The fourth-order valence-corrected chi connectivity index (χ4v) is 9.66. The smallest absolute Gasteiger partial charge is 0.332 e. The van der Waals surface area contributed by atoms with E-state index < -0.39 is 122 Å². The van der Waals surface area contributed by atoms with Crippen molar-refractivity contribution in [2.75, 3.05) is 26.3 Å². The summed E-state index contributed by atoms with van der Waals surface area (Å²) in [5.74, 6) is -3.86. The number of hydrogen-bond donors (Lipinski definition) is 10. The summed E-state index contributed by atoms with van der Waals surface area (Å²) in [6.07, 6.45) is -5.56. The number of carbonyl (C=O) groups is 4. The molecule has 0 aromatic carbocycles. The van der Waals surface area contributed by atoms with E-state index in [0.29, 0.717) is 30.6 Å². The van der Waals surface area contributed by atoms with Crippen LogP contribution in [0, 0.1) is 17.8 Å². The van der Waals surface area contributed by atoms with Gasteiger partial charge in [0.2, 0.25) is 11.8 Å². The number of hydrogen-bond acceptors (Lipinski definition) is 18. The van der Waals surface area contributed by atoms with E-state index in [-0.39, 0.29) is 50.4 Å². The summed E-state index contributed by atoms with van der Waals surface area (Å²) in [4.78, 5) is 56.7. The lowest BCUT2D eigenvalue weighted by Crippen LogP contribution is -2.67. The molecule has 23 nitrogen and oxygen atoms in total. The van der Waals surface area contributed by atoms with Gasteiger partial charge in [-0.1, -0.05) is 50.7 Å². The van der Waals surface area contributed by atoms with Crippen LogP contribution in [0.1, 0.15) is 101 Å². The van der Waals surface area contributed by atoms with Gasteiger partial charge >= 0.3 is 5.97 Å². The molecular formula is C45H69N7O16. The molecule has 0 bridgehead atoms. The van der Waals surface area contributed by atoms with Gasteiger partial charge in [-0.05, 0) is 56.9 Å². The van der Waals surface area contributed by atoms with E-state index in [2.05, 4.69) is 31.2 Å². The van der Waals surface area contributed by atoms with Crippen molar-refractivity contribution in [2.45, 2.75) is 171 Å². The summed E-state index contributed by atoms with van der Waals surface area (Å²) >= 11 is 0. The van der Waals surface area contributed by atoms with Crippen molar-refractivity contribution < 1.29 is 78.6 Å². The quantitative estimate of drug-likeness (QED) is 0.0661. The highest BCUT2D eigenvalue weighted by Crippen LogP contribution is 2.40. The standard InChI is InChI=1S/C45H69N7O16/c1-4-26-16-27(41(60)47-12-13-48-42(61)28-17-30(20-46-19-28)52-21-29(50-51-52)11-8-14-53)18-31(39(26)68-45-38(59)37(58)35(56)23(2)64-45)66-44-34(49-24(3)55)40(36(57)33(22-54)67-44)65-32(43(62)63)15-25-9-6-5-7-10-25/h17,19-21,23,25-27,31-40,44-45,53-54,56-59H,4-16,18,22H2,1-3H3,(H,47,60)(H,48,61)(H,49,55)(H,62,63)/t23?,26?,27?,31-,32+,33?,34?,35-,36+,37?,38?,39?,40?,44-,45+/m1/s1. The average molecular weight is 964 g/mol. The van der Waals surface area contributed by atoms with Crippen LogP contribution in [0.15, 0.2) is 24.7 Å². The first kappa shape index (κ1) is 53.1. The molecule has 2 aromatic heterocycles. The molecule has 6 rings (SSSR count). The van der Waals surface area contributed by atoms with E-state index in [9.17, 15) is 49.8 Å². The Morgan fingerprint density at radius 2 is 1.66 bits per heavy atom. The Bertz CT molecular complexity index is 1960. The van der Waals surface area contributed by atoms with Crippen molar-refractivity contribution in [1.29, 1.82) is 0 Å². The van der Waals surface area contributed by atoms with Crippen molar-refractivity contribution in [2.24, 2.45) is 17.8 Å². The Morgan fingerprint density at radius 1 is 0.912 bits per heavy atom. The number of ether oxygens (including phenoxy) is 5. The van der Waals surface area contributed by atoms with Crippen LogP contribution in [0.3, 0.4) is 0 Å². The van der Waals surface area contributed by atoms with E-state index in [1.807, 2.05) is 6.92 Å². The molecule has 2 saturated carbocycles. The van der Waals surface area contributed by atoms with Crippen molar-refractivity contribution in [1.82, 2.24) is 35.9 Å². The van der Waals surface area contributed by atoms with Gasteiger partial charge in [0.1, 0.15) is 42.7 Å². The molecule has 2 aromatic rings. The number of nitrogens with zero attached hydrogens (tertiary/aromatic N) is 4. The van der Waals surface area contributed by atoms with Crippen LogP contribution in [0.4, 0.5) is 0 Å². The number of rotatable bonds is 21. The number of aliphatic hydroxyl groups excluding tert-OH is 6. The largest absolute Gasteiger partial charge is 0.479 e. The Kier molecular flexibility index (Phi) is 19.5. The normalized spacial score (nSPS) is 32.8. The van der Waals surface area contributed by atoms with Gasteiger partial charge in [0.05, 0.1) is 54.3 Å². The molecule has 0 spiro atoms. The highest BCUT2D eigenvalue weighted by Gasteiger charge is 2.53. The number of aromatic nitrogens is 4. The Balaban J connectivity index is 1.19. The average Bonchev–Trinajstić information content (AvgIpc) is 3.81. The molecule has 2 saturated heterocycles. The lowest BCUT2D eigenvalue weighted by molar-refractivity contribution is -0.338. The maximum Gasteiger partial charge on any atom is 0.332 e. The molecule has 9 unspecified atom stereocenters. The molecular weight excluding hydrogens is 895 g/mol. The lowest BCUT2D eigenvalue weighted by Gasteiger charge is -2.49. The van der Waals surface area contributed by atoms with Crippen LogP contribution in [-0.2, 0) is 44.5 Å². The SMILES string of the molecule is CCC1CC(C(=O)NCCNC(=O)c2cncc(-n3cc(CCCO)nn3)c2)C[C@@H](O[C@@H]2OC(CO)[C@H](O)C(O[C@@H](CC3CCCCC3)C(=O)O)C2NC(C)=O)C1O[C@@H]1OC(C)[C@@H](O)C(O)C1O. The monoisotopic (exact) mass is 963 g/mol. The predicted octanol–water partition coefficient (Wildman–Crippen LogP) is -1.14. The third kappa shape index (κ3) is 13.5. The molecule has 23 heteroatoms. The summed E-state index contributed by atoms with van der Waals surface area (Å²) in [5.41, 5.74) is 1.40. The summed E-state index contributed by atoms with van der Waals surface area (Å²) < 4.78 is 32.7. The number of aryl methyl sites for hydroxylation is 1. The molecule has 4 fully saturated rings. The second kappa shape index (κ2) is 25.0. The van der Waals surface area contributed by atoms with Gasteiger partial charge in [-0.25, -0.2) is 9.48 Å². The topological polar surface area (TPSA) is 336 Å². The van der Waals surface area contributed by atoms with Gasteiger partial charge < -0.3 is 75.4 Å². The minimum Gasteiger partial charge on any atom is -0.479 e. The molecule has 10 N–H and O–H groups in total. The Morgan fingerprint density at radius 3 is 2.35 bits per heavy atom. The first-order chi connectivity index (χ1) is 32.6. The van der Waals surface area contributed by atoms with E-state index in [4.69, 9.17) is 28.8 Å². The van der Waals surface area contributed by atoms with Crippen molar-refractivity contribution in [3.05, 3.63) is 35.9 Å². The maximum atomic E-state index is 14.0. The van der Waals surface area contributed by atoms with Gasteiger partial charge in [0, 0.05) is 38.7 Å². The number of carboxylic acids is 1. The van der Waals surface area contributed by atoms with E-state index in [1.165, 1.54) is 30.9 Å². The van der Waals surface area contributed by atoms with Gasteiger partial charge in [0.25, 0.3) is 5.91 Å². The zero-order chi connectivity index (χ0) is 49.1.